The Morgan fingerprint density at radius 3 is 2.90 bits per heavy atom. The van der Waals surface area contributed by atoms with Gasteiger partial charge in [-0.2, -0.15) is 0 Å². The Morgan fingerprint density at radius 1 is 1.52 bits per heavy atom. The molecule has 0 aliphatic carbocycles. The summed E-state index contributed by atoms with van der Waals surface area (Å²) < 4.78 is 5.87. The van der Waals surface area contributed by atoms with Crippen molar-refractivity contribution in [3.8, 4) is 5.75 Å². The first kappa shape index (κ1) is 15.6. The molecular formula is C14H18BrN3O3. The normalized spacial score (nSPS) is 19.4. The molecule has 6 nitrogen and oxygen atoms in total. The summed E-state index contributed by atoms with van der Waals surface area (Å²) in [5.74, 6) is 0.614. The number of hydrogen-bond donors (Lipinski definition) is 2. The molecule has 1 amide bonds. The molecule has 1 heterocycles. The fraction of sp³-hybridized carbons (Fsp3) is 0.429. The molecule has 0 aromatic heterocycles. The number of amides is 1. The van der Waals surface area contributed by atoms with E-state index in [1.54, 1.807) is 30.2 Å². The molecule has 1 atom stereocenters. The molecule has 21 heavy (non-hydrogen) atoms. The van der Waals surface area contributed by atoms with E-state index in [4.69, 9.17) is 15.7 Å². The molecule has 1 aliphatic rings. The number of halogens is 1. The number of nitrogens with two attached hydrogens (primary N) is 1. The Balaban J connectivity index is 2.26. The van der Waals surface area contributed by atoms with E-state index in [-0.39, 0.29) is 17.8 Å². The van der Waals surface area contributed by atoms with Gasteiger partial charge in [-0.3, -0.25) is 4.79 Å². The molecular weight excluding hydrogens is 338 g/mol. The number of rotatable bonds is 3. The minimum absolute atomic E-state index is 0.0793. The van der Waals surface area contributed by atoms with E-state index in [2.05, 4.69) is 21.1 Å². The van der Waals surface area contributed by atoms with Gasteiger partial charge in [-0.1, -0.05) is 5.16 Å². The van der Waals surface area contributed by atoms with E-state index in [1.807, 2.05) is 0 Å². The maximum absolute atomic E-state index is 12.7. The molecule has 1 aromatic rings. The molecule has 114 valence electrons. The molecule has 2 rings (SSSR count). The first-order chi connectivity index (χ1) is 10.1. The van der Waals surface area contributed by atoms with Crippen molar-refractivity contribution in [3.63, 3.8) is 0 Å². The number of likely N-dealkylation sites (tertiary alicyclic amines) is 1. The highest BCUT2D eigenvalue weighted by Crippen LogP contribution is 2.27. The van der Waals surface area contributed by atoms with Crippen molar-refractivity contribution >= 4 is 27.7 Å². The molecule has 1 aliphatic heterocycles. The van der Waals surface area contributed by atoms with Crippen molar-refractivity contribution in [3.05, 3.63) is 28.2 Å². The third-order valence-corrected chi connectivity index (χ3v) is 4.24. The van der Waals surface area contributed by atoms with Crippen LogP contribution in [0.4, 0.5) is 0 Å². The summed E-state index contributed by atoms with van der Waals surface area (Å²) in [5.41, 5.74) is 6.25. The first-order valence-corrected chi connectivity index (χ1v) is 7.49. The summed E-state index contributed by atoms with van der Waals surface area (Å²) in [4.78, 5) is 14.3. The smallest absolute Gasteiger partial charge is 0.254 e. The van der Waals surface area contributed by atoms with Crippen LogP contribution in [-0.4, -0.2) is 41.5 Å². The molecule has 0 spiro atoms. The number of oxime groups is 1. The zero-order chi connectivity index (χ0) is 15.4. The third kappa shape index (κ3) is 3.29. The van der Waals surface area contributed by atoms with Gasteiger partial charge in [0.25, 0.3) is 5.91 Å². The number of benzene rings is 1. The summed E-state index contributed by atoms with van der Waals surface area (Å²) in [6.07, 6.45) is 2.58. The lowest BCUT2D eigenvalue weighted by atomic mass is 10.00. The highest BCUT2D eigenvalue weighted by Gasteiger charge is 2.30. The van der Waals surface area contributed by atoms with Crippen molar-refractivity contribution in [2.45, 2.75) is 25.3 Å². The number of hydrogen-bond acceptors (Lipinski definition) is 4. The zero-order valence-corrected chi connectivity index (χ0v) is 13.3. The van der Waals surface area contributed by atoms with Crippen molar-refractivity contribution < 1.29 is 14.7 Å². The predicted octanol–water partition coefficient (Wildman–Crippen LogP) is 2.20. The van der Waals surface area contributed by atoms with Gasteiger partial charge < -0.3 is 20.6 Å². The number of ether oxygens (including phenoxy) is 1. The Morgan fingerprint density at radius 2 is 2.29 bits per heavy atom. The van der Waals surface area contributed by atoms with Crippen molar-refractivity contribution in [1.82, 2.24) is 4.90 Å². The number of nitrogens with zero attached hydrogens (tertiary/aromatic N) is 2. The second-order valence-corrected chi connectivity index (χ2v) is 5.74. The average molecular weight is 356 g/mol. The van der Waals surface area contributed by atoms with Crippen LogP contribution in [0.3, 0.4) is 0 Å². The van der Waals surface area contributed by atoms with Gasteiger partial charge in [-0.25, -0.2) is 0 Å². The van der Waals surface area contributed by atoms with Gasteiger partial charge in [-0.05, 0) is 53.4 Å². The summed E-state index contributed by atoms with van der Waals surface area (Å²) in [7, 11) is 1.57. The minimum Gasteiger partial charge on any atom is -0.496 e. The minimum atomic E-state index is -0.350. The van der Waals surface area contributed by atoms with Gasteiger partial charge in [0.05, 0.1) is 17.6 Å². The van der Waals surface area contributed by atoms with Gasteiger partial charge in [0.2, 0.25) is 0 Å². The van der Waals surface area contributed by atoms with Crippen LogP contribution >= 0.6 is 15.9 Å². The summed E-state index contributed by atoms with van der Waals surface area (Å²) in [6.45, 7) is 0.601. The Kier molecular flexibility index (Phi) is 5.06. The molecule has 1 unspecified atom stereocenters. The topological polar surface area (TPSA) is 88.2 Å². The first-order valence-electron chi connectivity index (χ1n) is 6.70. The van der Waals surface area contributed by atoms with E-state index >= 15 is 0 Å². The fourth-order valence-corrected chi connectivity index (χ4v) is 3.05. The highest BCUT2D eigenvalue weighted by molar-refractivity contribution is 9.10. The van der Waals surface area contributed by atoms with Gasteiger partial charge in [0.15, 0.2) is 5.84 Å². The van der Waals surface area contributed by atoms with Gasteiger partial charge in [0, 0.05) is 12.1 Å². The number of methoxy groups -OCH3 is 1. The van der Waals surface area contributed by atoms with E-state index in [9.17, 15) is 4.79 Å². The van der Waals surface area contributed by atoms with E-state index in [1.165, 1.54) is 0 Å². The molecule has 1 aromatic carbocycles. The molecule has 0 bridgehead atoms. The van der Waals surface area contributed by atoms with Crippen LogP contribution in [-0.2, 0) is 0 Å². The Hall–Kier alpha value is -1.76. The van der Waals surface area contributed by atoms with Crippen molar-refractivity contribution in [2.75, 3.05) is 13.7 Å². The fourth-order valence-electron chi connectivity index (χ4n) is 2.51. The van der Waals surface area contributed by atoms with Crippen LogP contribution < -0.4 is 10.5 Å². The van der Waals surface area contributed by atoms with Crippen LogP contribution in [0.2, 0.25) is 0 Å². The maximum atomic E-state index is 12.7. The second kappa shape index (κ2) is 6.80. The SMILES string of the molecule is COc1ccc(C(=O)N2CCCCC2C(N)=NO)cc1Br. The lowest BCUT2D eigenvalue weighted by Gasteiger charge is -2.34. The summed E-state index contributed by atoms with van der Waals surface area (Å²) in [6, 6.07) is 4.82. The van der Waals surface area contributed by atoms with Gasteiger partial charge >= 0.3 is 0 Å². The predicted molar refractivity (Wildman–Crippen MR) is 82.8 cm³/mol. The molecule has 3 N–H and O–H groups in total. The van der Waals surface area contributed by atoms with Crippen LogP contribution in [0.25, 0.3) is 0 Å². The lowest BCUT2D eigenvalue weighted by molar-refractivity contribution is 0.0676. The van der Waals surface area contributed by atoms with Crippen LogP contribution in [0.15, 0.2) is 27.8 Å². The standard InChI is InChI=1S/C14H18BrN3O3/c1-21-12-6-5-9(8-10(12)15)14(19)18-7-3-2-4-11(18)13(16)17-20/h5-6,8,11,20H,2-4,7H2,1H3,(H2,16,17). The van der Waals surface area contributed by atoms with Crippen LogP contribution in [0.5, 0.6) is 5.75 Å². The highest BCUT2D eigenvalue weighted by atomic mass is 79.9. The lowest BCUT2D eigenvalue weighted by Crippen LogP contribution is -2.50. The Labute approximate surface area is 131 Å². The van der Waals surface area contributed by atoms with Gasteiger partial charge in [-0.15, -0.1) is 0 Å². The number of piperidine rings is 1. The molecule has 1 saturated heterocycles. The van der Waals surface area contributed by atoms with Crippen LogP contribution in [0.1, 0.15) is 29.6 Å². The van der Waals surface area contributed by atoms with Crippen molar-refractivity contribution in [2.24, 2.45) is 10.9 Å². The number of amidine groups is 1. The second-order valence-electron chi connectivity index (χ2n) is 4.88. The zero-order valence-electron chi connectivity index (χ0n) is 11.8. The summed E-state index contributed by atoms with van der Waals surface area (Å²) >= 11 is 3.37. The molecule has 7 heteroatoms. The van der Waals surface area contributed by atoms with E-state index in [0.717, 1.165) is 12.8 Å². The average Bonchev–Trinajstić information content (AvgIpc) is 2.53. The number of carbonyl (C=O) groups excluding carboxylic acids is 1. The quantitative estimate of drug-likeness (QED) is 0.376. The van der Waals surface area contributed by atoms with E-state index < -0.39 is 0 Å². The molecule has 0 radical (unpaired) electrons. The largest absolute Gasteiger partial charge is 0.496 e. The summed E-state index contributed by atoms with van der Waals surface area (Å²) in [5, 5.41) is 11.9. The van der Waals surface area contributed by atoms with E-state index in [0.29, 0.717) is 28.8 Å². The monoisotopic (exact) mass is 355 g/mol. The maximum Gasteiger partial charge on any atom is 0.254 e. The van der Waals surface area contributed by atoms with Crippen LogP contribution in [0, 0.1) is 0 Å². The third-order valence-electron chi connectivity index (χ3n) is 3.62. The Bertz CT molecular complexity index is 562. The van der Waals surface area contributed by atoms with Gasteiger partial charge in [0.1, 0.15) is 5.75 Å². The molecule has 1 fully saturated rings. The van der Waals surface area contributed by atoms with Crippen molar-refractivity contribution in [1.29, 1.82) is 0 Å². The molecule has 0 saturated carbocycles. The number of carbonyl (C=O) groups is 1.